The molecule has 1 fully saturated rings. The highest BCUT2D eigenvalue weighted by molar-refractivity contribution is 6.26. The molecule has 1 aliphatic heterocycles. The molecular formula is C18H15F3N2O2. The Morgan fingerprint density at radius 1 is 1.12 bits per heavy atom. The quantitative estimate of drug-likeness (QED) is 0.576. The van der Waals surface area contributed by atoms with Crippen LogP contribution in [0.15, 0.2) is 18.2 Å². The number of nitriles is 1. The van der Waals surface area contributed by atoms with Crippen LogP contribution < -0.4 is 4.90 Å². The highest BCUT2D eigenvalue weighted by Gasteiger charge is 2.62. The molecule has 1 aromatic rings. The summed E-state index contributed by atoms with van der Waals surface area (Å²) in [4.78, 5) is 26.3. The second kappa shape index (κ2) is 5.63. The zero-order valence-electron chi connectivity index (χ0n) is 14.1. The average molecular weight is 348 g/mol. The number of halogens is 3. The van der Waals surface area contributed by atoms with Crippen LogP contribution in [-0.4, -0.2) is 11.8 Å². The van der Waals surface area contributed by atoms with E-state index in [1.807, 2.05) is 0 Å². The molecule has 130 valence electrons. The van der Waals surface area contributed by atoms with E-state index in [9.17, 15) is 22.8 Å². The van der Waals surface area contributed by atoms with Gasteiger partial charge in [-0.15, -0.1) is 5.92 Å². The first-order valence-electron chi connectivity index (χ1n) is 7.36. The predicted octanol–water partition coefficient (Wildman–Crippen LogP) is 3.51. The van der Waals surface area contributed by atoms with Crippen LogP contribution in [0.25, 0.3) is 0 Å². The van der Waals surface area contributed by atoms with Gasteiger partial charge < -0.3 is 0 Å². The van der Waals surface area contributed by atoms with E-state index in [2.05, 4.69) is 11.8 Å². The minimum absolute atomic E-state index is 0.226. The molecular weight excluding hydrogens is 333 g/mol. The fourth-order valence-electron chi connectivity index (χ4n) is 2.77. The van der Waals surface area contributed by atoms with Crippen molar-refractivity contribution in [3.8, 4) is 17.9 Å². The first-order chi connectivity index (χ1) is 11.4. The second-order valence-corrected chi connectivity index (χ2v) is 6.41. The number of alkyl halides is 3. The number of carbonyl (C=O) groups excluding carboxylic acids is 2. The third-order valence-electron chi connectivity index (χ3n) is 4.68. The van der Waals surface area contributed by atoms with E-state index in [1.165, 1.54) is 33.8 Å². The van der Waals surface area contributed by atoms with Crippen LogP contribution in [0.2, 0.25) is 0 Å². The lowest BCUT2D eigenvalue weighted by molar-refractivity contribution is -0.138. The lowest BCUT2D eigenvalue weighted by Crippen LogP contribution is -2.36. The van der Waals surface area contributed by atoms with Crippen LogP contribution in [0.3, 0.4) is 0 Å². The summed E-state index contributed by atoms with van der Waals surface area (Å²) in [5, 5.41) is 8.86. The van der Waals surface area contributed by atoms with Crippen LogP contribution in [0.5, 0.6) is 0 Å². The molecule has 2 amide bonds. The number of carbonyl (C=O) groups is 2. The van der Waals surface area contributed by atoms with Gasteiger partial charge in [0, 0.05) is 0 Å². The highest BCUT2D eigenvalue weighted by atomic mass is 19.4. The van der Waals surface area contributed by atoms with E-state index in [0.717, 1.165) is 17.0 Å². The summed E-state index contributed by atoms with van der Waals surface area (Å²) < 4.78 is 39.5. The fraction of sp³-hybridized carbons (Fsp3) is 0.389. The molecule has 2 rings (SSSR count). The van der Waals surface area contributed by atoms with Crippen LogP contribution in [0.4, 0.5) is 18.9 Å². The summed E-state index contributed by atoms with van der Waals surface area (Å²) in [5.41, 5.74) is -4.56. The highest BCUT2D eigenvalue weighted by Crippen LogP contribution is 2.49. The van der Waals surface area contributed by atoms with Crippen molar-refractivity contribution in [1.82, 2.24) is 0 Å². The molecule has 1 saturated heterocycles. The molecule has 0 aromatic heterocycles. The van der Waals surface area contributed by atoms with Gasteiger partial charge in [-0.2, -0.15) is 18.4 Å². The van der Waals surface area contributed by atoms with Gasteiger partial charge in [0.2, 0.25) is 5.91 Å². The van der Waals surface area contributed by atoms with E-state index in [4.69, 9.17) is 5.26 Å². The zero-order chi connectivity index (χ0) is 19.2. The van der Waals surface area contributed by atoms with Gasteiger partial charge in [0.1, 0.15) is 5.41 Å². The zero-order valence-corrected chi connectivity index (χ0v) is 14.1. The van der Waals surface area contributed by atoms with Crippen LogP contribution in [0.1, 0.15) is 38.8 Å². The number of benzene rings is 1. The molecule has 0 saturated carbocycles. The smallest absolute Gasteiger partial charge is 0.273 e. The maximum atomic E-state index is 13.2. The van der Waals surface area contributed by atoms with Crippen molar-refractivity contribution >= 4 is 17.5 Å². The molecule has 25 heavy (non-hydrogen) atoms. The van der Waals surface area contributed by atoms with Gasteiger partial charge in [-0.3, -0.25) is 9.59 Å². The molecule has 4 nitrogen and oxygen atoms in total. The van der Waals surface area contributed by atoms with E-state index < -0.39 is 39.9 Å². The van der Waals surface area contributed by atoms with Gasteiger partial charge >= 0.3 is 6.18 Å². The molecule has 1 aliphatic rings. The number of hydrogen-bond donors (Lipinski definition) is 0. The number of rotatable bonds is 1. The van der Waals surface area contributed by atoms with Gasteiger partial charge in [0.15, 0.2) is 0 Å². The Kier molecular flexibility index (Phi) is 4.17. The second-order valence-electron chi connectivity index (χ2n) is 6.41. The normalized spacial score (nSPS) is 22.4. The molecule has 0 aliphatic carbocycles. The Balaban J connectivity index is 2.68. The van der Waals surface area contributed by atoms with Crippen LogP contribution in [-0.2, 0) is 15.8 Å². The van der Waals surface area contributed by atoms with Crippen molar-refractivity contribution in [2.45, 2.75) is 33.9 Å². The molecule has 1 unspecified atom stereocenters. The molecule has 1 atom stereocenters. The van der Waals surface area contributed by atoms with Gasteiger partial charge in [-0.05, 0) is 45.9 Å². The summed E-state index contributed by atoms with van der Waals surface area (Å²) in [6.07, 6.45) is -4.78. The van der Waals surface area contributed by atoms with Crippen molar-refractivity contribution in [3.05, 3.63) is 29.3 Å². The number of imide groups is 1. The Hall–Kier alpha value is -2.80. The van der Waals surface area contributed by atoms with Crippen molar-refractivity contribution < 1.29 is 22.8 Å². The molecule has 1 aromatic carbocycles. The summed E-state index contributed by atoms with van der Waals surface area (Å²) in [6.45, 7) is 6.08. The number of amides is 2. The minimum atomic E-state index is -4.78. The van der Waals surface area contributed by atoms with Gasteiger partial charge in [-0.1, -0.05) is 5.92 Å². The molecule has 7 heteroatoms. The molecule has 0 spiro atoms. The SMILES string of the molecule is CC#CC1(C)C(=O)N(c2ccc(C#N)c(C(F)(F)F)c2)C(=O)C1(C)C. The Labute approximate surface area is 143 Å². The summed E-state index contributed by atoms with van der Waals surface area (Å²) in [7, 11) is 0. The number of nitrogens with zero attached hydrogens (tertiary/aromatic N) is 2. The standard InChI is InChI=1S/C18H15F3N2O2/c1-5-8-17(4)15(25)23(14(24)16(17,2)3)12-7-6-11(10-22)13(9-12)18(19,20)21/h6-7,9H,1-4H3. The van der Waals surface area contributed by atoms with Crippen molar-refractivity contribution in [2.24, 2.45) is 10.8 Å². The van der Waals surface area contributed by atoms with E-state index in [-0.39, 0.29) is 5.69 Å². The summed E-state index contributed by atoms with van der Waals surface area (Å²) >= 11 is 0. The van der Waals surface area contributed by atoms with Gasteiger partial charge in [0.05, 0.1) is 28.3 Å². The first-order valence-corrected chi connectivity index (χ1v) is 7.36. The molecule has 1 heterocycles. The van der Waals surface area contributed by atoms with Gasteiger partial charge in [-0.25, -0.2) is 4.90 Å². The fourth-order valence-corrected chi connectivity index (χ4v) is 2.77. The van der Waals surface area contributed by atoms with Crippen molar-refractivity contribution in [3.63, 3.8) is 0 Å². The Morgan fingerprint density at radius 3 is 2.20 bits per heavy atom. The molecule has 0 N–H and O–H groups in total. The number of hydrogen-bond acceptors (Lipinski definition) is 3. The minimum Gasteiger partial charge on any atom is -0.273 e. The van der Waals surface area contributed by atoms with Crippen LogP contribution >= 0.6 is 0 Å². The van der Waals surface area contributed by atoms with Crippen LogP contribution in [0, 0.1) is 34.0 Å². The summed E-state index contributed by atoms with van der Waals surface area (Å²) in [6, 6.07) is 4.22. The summed E-state index contributed by atoms with van der Waals surface area (Å²) in [5.74, 6) is 4.01. The molecule has 0 radical (unpaired) electrons. The van der Waals surface area contributed by atoms with E-state index >= 15 is 0 Å². The lowest BCUT2D eigenvalue weighted by atomic mass is 9.69. The van der Waals surface area contributed by atoms with Crippen molar-refractivity contribution in [1.29, 1.82) is 5.26 Å². The maximum absolute atomic E-state index is 13.2. The lowest BCUT2D eigenvalue weighted by Gasteiger charge is -2.27. The Morgan fingerprint density at radius 2 is 1.72 bits per heavy atom. The predicted molar refractivity (Wildman–Crippen MR) is 84.0 cm³/mol. The first kappa shape index (κ1) is 18.5. The third-order valence-corrected chi connectivity index (χ3v) is 4.68. The monoisotopic (exact) mass is 348 g/mol. The van der Waals surface area contributed by atoms with Crippen molar-refractivity contribution in [2.75, 3.05) is 4.90 Å². The average Bonchev–Trinajstić information content (AvgIpc) is 2.65. The number of anilines is 1. The molecule has 0 bridgehead atoms. The third kappa shape index (κ3) is 2.56. The van der Waals surface area contributed by atoms with E-state index in [0.29, 0.717) is 6.07 Å². The topological polar surface area (TPSA) is 61.2 Å². The van der Waals surface area contributed by atoms with E-state index in [1.54, 1.807) is 0 Å². The largest absolute Gasteiger partial charge is 0.417 e. The Bertz CT molecular complexity index is 869. The maximum Gasteiger partial charge on any atom is 0.417 e. The van der Waals surface area contributed by atoms with Gasteiger partial charge in [0.25, 0.3) is 5.91 Å².